The summed E-state index contributed by atoms with van der Waals surface area (Å²) in [6, 6.07) is 2.02. The van der Waals surface area contributed by atoms with E-state index in [0.717, 1.165) is 37.9 Å². The van der Waals surface area contributed by atoms with Crippen molar-refractivity contribution in [2.75, 3.05) is 23.7 Å². The van der Waals surface area contributed by atoms with Crippen LogP contribution in [0.4, 0.5) is 11.4 Å². The summed E-state index contributed by atoms with van der Waals surface area (Å²) in [6.07, 6.45) is 13.8. The van der Waals surface area contributed by atoms with E-state index in [-0.39, 0.29) is 17.9 Å². The van der Waals surface area contributed by atoms with Crippen LogP contribution in [0.2, 0.25) is 0 Å². The predicted molar refractivity (Wildman–Crippen MR) is 140 cm³/mol. The van der Waals surface area contributed by atoms with E-state index in [4.69, 9.17) is 0 Å². The predicted octanol–water partition coefficient (Wildman–Crippen LogP) is 3.29. The topological polar surface area (TPSA) is 122 Å². The molecule has 192 valence electrons. The van der Waals surface area contributed by atoms with E-state index in [0.29, 0.717) is 40.3 Å². The van der Waals surface area contributed by atoms with Crippen LogP contribution in [0.1, 0.15) is 48.7 Å². The first kappa shape index (κ1) is 24.6. The van der Waals surface area contributed by atoms with Gasteiger partial charge in [0.25, 0.3) is 5.91 Å². The zero-order chi connectivity index (χ0) is 25.9. The Bertz CT molecular complexity index is 1440. The molecule has 0 aromatic carbocycles. The van der Waals surface area contributed by atoms with E-state index in [1.165, 1.54) is 6.20 Å². The molecule has 4 aromatic heterocycles. The molecule has 37 heavy (non-hydrogen) atoms. The van der Waals surface area contributed by atoms with Crippen molar-refractivity contribution in [2.24, 2.45) is 7.05 Å². The molecule has 0 saturated carbocycles. The summed E-state index contributed by atoms with van der Waals surface area (Å²) < 4.78 is 3.32. The Hall–Kier alpha value is -4.12. The number of pyridine rings is 1. The van der Waals surface area contributed by atoms with Crippen LogP contribution in [-0.4, -0.2) is 65.2 Å². The van der Waals surface area contributed by atoms with E-state index < -0.39 is 0 Å². The average Bonchev–Trinajstić information content (AvgIpc) is 3.61. The van der Waals surface area contributed by atoms with Crippen molar-refractivity contribution in [3.8, 4) is 11.3 Å². The van der Waals surface area contributed by atoms with Crippen LogP contribution in [0.5, 0.6) is 0 Å². The fraction of sp³-hybridized carbons (Fsp3) is 0.385. The SMILES string of the molecule is CCCN1CCC[C@H]1CC(=O)Nc1cnc(C)c(NC(=O)c2cnn3cc(-c4cnn(C)c4)ncc23)c1. The molecule has 2 amide bonds. The van der Waals surface area contributed by atoms with E-state index in [1.54, 1.807) is 47.0 Å². The molecule has 1 atom stereocenters. The zero-order valence-corrected chi connectivity index (χ0v) is 21.3. The van der Waals surface area contributed by atoms with Crippen LogP contribution < -0.4 is 10.6 Å². The molecule has 1 aliphatic rings. The Labute approximate surface area is 214 Å². The van der Waals surface area contributed by atoms with Gasteiger partial charge in [0.1, 0.15) is 0 Å². The second kappa shape index (κ2) is 10.5. The van der Waals surface area contributed by atoms with Gasteiger partial charge in [0.15, 0.2) is 0 Å². The van der Waals surface area contributed by atoms with Gasteiger partial charge < -0.3 is 10.6 Å². The fourth-order valence-electron chi connectivity index (χ4n) is 4.81. The highest BCUT2D eigenvalue weighted by Crippen LogP contribution is 2.23. The van der Waals surface area contributed by atoms with Crippen molar-refractivity contribution in [1.82, 2.24) is 34.3 Å². The van der Waals surface area contributed by atoms with Gasteiger partial charge in [0.05, 0.1) is 64.8 Å². The number of aryl methyl sites for hydroxylation is 2. The number of carbonyl (C=O) groups is 2. The van der Waals surface area contributed by atoms with E-state index in [1.807, 2.05) is 13.2 Å². The normalized spacial score (nSPS) is 15.8. The molecule has 2 N–H and O–H groups in total. The van der Waals surface area contributed by atoms with E-state index in [9.17, 15) is 9.59 Å². The van der Waals surface area contributed by atoms with E-state index >= 15 is 0 Å². The first-order chi connectivity index (χ1) is 17.9. The van der Waals surface area contributed by atoms with Gasteiger partial charge in [-0.2, -0.15) is 10.2 Å². The molecule has 11 nitrogen and oxygen atoms in total. The van der Waals surface area contributed by atoms with Crippen molar-refractivity contribution in [2.45, 2.75) is 45.6 Å². The number of hydrogen-bond acceptors (Lipinski definition) is 7. The second-order valence-corrected chi connectivity index (χ2v) is 9.46. The van der Waals surface area contributed by atoms with Crippen molar-refractivity contribution >= 4 is 28.7 Å². The number of fused-ring (bicyclic) bond motifs is 1. The number of likely N-dealkylation sites (tertiary alicyclic amines) is 1. The lowest BCUT2D eigenvalue weighted by Crippen LogP contribution is -2.33. The van der Waals surface area contributed by atoms with E-state index in [2.05, 4.69) is 42.6 Å². The molecule has 0 unspecified atom stereocenters. The minimum atomic E-state index is -0.333. The van der Waals surface area contributed by atoms with Crippen molar-refractivity contribution in [3.05, 3.63) is 54.5 Å². The molecule has 4 aromatic rings. The van der Waals surface area contributed by atoms with Crippen LogP contribution in [0, 0.1) is 6.92 Å². The highest BCUT2D eigenvalue weighted by atomic mass is 16.2. The molecule has 11 heteroatoms. The molecule has 0 bridgehead atoms. The Morgan fingerprint density at radius 3 is 2.73 bits per heavy atom. The lowest BCUT2D eigenvalue weighted by molar-refractivity contribution is -0.117. The maximum Gasteiger partial charge on any atom is 0.259 e. The van der Waals surface area contributed by atoms with Gasteiger partial charge in [0, 0.05) is 31.3 Å². The molecule has 0 aliphatic carbocycles. The fourth-order valence-corrected chi connectivity index (χ4v) is 4.81. The van der Waals surface area contributed by atoms with Crippen LogP contribution in [0.15, 0.2) is 43.2 Å². The van der Waals surface area contributed by atoms with Crippen LogP contribution in [0.3, 0.4) is 0 Å². The van der Waals surface area contributed by atoms with Gasteiger partial charge in [0.2, 0.25) is 5.91 Å². The number of hydrogen-bond donors (Lipinski definition) is 2. The van der Waals surface area contributed by atoms with Crippen LogP contribution in [0.25, 0.3) is 16.8 Å². The highest BCUT2D eigenvalue weighted by molar-refractivity contribution is 6.09. The molecule has 1 fully saturated rings. The molecular formula is C26H31N9O2. The Kier molecular flexibility index (Phi) is 6.95. The molecule has 1 aliphatic heterocycles. The van der Waals surface area contributed by atoms with Gasteiger partial charge >= 0.3 is 0 Å². The second-order valence-electron chi connectivity index (χ2n) is 9.46. The van der Waals surface area contributed by atoms with Crippen molar-refractivity contribution < 1.29 is 9.59 Å². The Morgan fingerprint density at radius 1 is 1.08 bits per heavy atom. The van der Waals surface area contributed by atoms with Gasteiger partial charge in [-0.1, -0.05) is 6.92 Å². The Balaban J connectivity index is 1.28. The highest BCUT2D eigenvalue weighted by Gasteiger charge is 2.26. The number of nitrogens with one attached hydrogen (secondary N) is 2. The van der Waals surface area contributed by atoms with Gasteiger partial charge in [-0.3, -0.25) is 29.1 Å². The zero-order valence-electron chi connectivity index (χ0n) is 21.3. The first-order valence-electron chi connectivity index (χ1n) is 12.6. The minimum Gasteiger partial charge on any atom is -0.325 e. The molecule has 0 spiro atoms. The number of carbonyl (C=O) groups excluding carboxylic acids is 2. The number of nitrogens with zero attached hydrogens (tertiary/aromatic N) is 7. The summed E-state index contributed by atoms with van der Waals surface area (Å²) in [6.45, 7) is 6.04. The molecule has 1 saturated heterocycles. The number of aromatic nitrogens is 6. The number of anilines is 2. The lowest BCUT2D eigenvalue weighted by Gasteiger charge is -2.23. The Morgan fingerprint density at radius 2 is 1.95 bits per heavy atom. The summed E-state index contributed by atoms with van der Waals surface area (Å²) in [4.78, 5) is 37.1. The summed E-state index contributed by atoms with van der Waals surface area (Å²) in [7, 11) is 1.84. The standard InChI is InChI=1S/C26H31N9O2/c1-4-7-34-8-5-6-20(34)10-25(36)31-19-9-22(17(2)27-12-19)32-26(37)21-13-30-35-16-23(28-14-24(21)35)18-11-29-33(3)15-18/h9,11-16,20H,4-8,10H2,1-3H3,(H,31,36)(H,32,37)/t20-/m0/s1. The molecule has 5 heterocycles. The third-order valence-electron chi connectivity index (χ3n) is 6.70. The average molecular weight is 502 g/mol. The van der Waals surface area contributed by atoms with Gasteiger partial charge in [-0.05, 0) is 45.3 Å². The first-order valence-corrected chi connectivity index (χ1v) is 12.6. The third kappa shape index (κ3) is 5.36. The quantitative estimate of drug-likeness (QED) is 0.380. The maximum absolute atomic E-state index is 13.1. The lowest BCUT2D eigenvalue weighted by atomic mass is 10.1. The number of amides is 2. The van der Waals surface area contributed by atoms with Crippen molar-refractivity contribution in [3.63, 3.8) is 0 Å². The summed E-state index contributed by atoms with van der Waals surface area (Å²) >= 11 is 0. The molecule has 5 rings (SSSR count). The monoisotopic (exact) mass is 501 g/mol. The van der Waals surface area contributed by atoms with Crippen molar-refractivity contribution in [1.29, 1.82) is 0 Å². The van der Waals surface area contributed by atoms with Crippen LogP contribution >= 0.6 is 0 Å². The summed E-state index contributed by atoms with van der Waals surface area (Å²) in [5.41, 5.74) is 4.24. The largest absolute Gasteiger partial charge is 0.325 e. The van der Waals surface area contributed by atoms with Gasteiger partial charge in [-0.25, -0.2) is 4.52 Å². The van der Waals surface area contributed by atoms with Crippen LogP contribution in [-0.2, 0) is 11.8 Å². The smallest absolute Gasteiger partial charge is 0.259 e. The summed E-state index contributed by atoms with van der Waals surface area (Å²) in [5.74, 6) is -0.380. The third-order valence-corrected chi connectivity index (χ3v) is 6.70. The molecule has 0 radical (unpaired) electrons. The van der Waals surface area contributed by atoms with Gasteiger partial charge in [-0.15, -0.1) is 0 Å². The minimum absolute atomic E-state index is 0.0472. The maximum atomic E-state index is 13.1. The summed E-state index contributed by atoms with van der Waals surface area (Å²) in [5, 5.41) is 14.4. The molecular weight excluding hydrogens is 470 g/mol. The number of rotatable bonds is 8.